The van der Waals surface area contributed by atoms with Gasteiger partial charge >= 0.3 is 5.97 Å². The number of phenols is 1. The van der Waals surface area contributed by atoms with Crippen LogP contribution in [-0.2, 0) is 17.0 Å². The zero-order valence-corrected chi connectivity index (χ0v) is 21.9. The molecule has 0 radical (unpaired) electrons. The minimum atomic E-state index is -0.363. The van der Waals surface area contributed by atoms with Crippen molar-refractivity contribution < 1.29 is 14.6 Å². The van der Waals surface area contributed by atoms with Crippen LogP contribution in [0.15, 0.2) is 29.1 Å². The van der Waals surface area contributed by atoms with E-state index in [1.165, 1.54) is 0 Å². The van der Waals surface area contributed by atoms with E-state index in [1.807, 2.05) is 30.7 Å². The van der Waals surface area contributed by atoms with Gasteiger partial charge in [0.25, 0.3) is 0 Å². The number of esters is 1. The molecule has 0 aliphatic heterocycles. The topological polar surface area (TPSA) is 95.1 Å². The number of hydrogen-bond donors (Lipinski definition) is 1. The highest BCUT2D eigenvalue weighted by Gasteiger charge is 2.34. The fourth-order valence-corrected chi connectivity index (χ4v) is 6.51. The SMILES string of the molecule is CCOC(=O)c1c(CSc2nnc(C)s2)n(C2CC2)c2cc(I)c(O)c(Cn3ccnc3)c12. The molecular weight excluding hydrogens is 573 g/mol. The van der Waals surface area contributed by atoms with Gasteiger partial charge in [-0.3, -0.25) is 0 Å². The third-order valence-electron chi connectivity index (χ3n) is 5.55. The number of carbonyl (C=O) groups is 1. The van der Waals surface area contributed by atoms with E-state index in [2.05, 4.69) is 42.3 Å². The van der Waals surface area contributed by atoms with E-state index in [9.17, 15) is 9.90 Å². The Kier molecular flexibility index (Phi) is 6.36. The molecule has 0 spiro atoms. The van der Waals surface area contributed by atoms with Crippen LogP contribution in [0.25, 0.3) is 10.9 Å². The van der Waals surface area contributed by atoms with Crippen molar-refractivity contribution in [3.05, 3.63) is 50.2 Å². The summed E-state index contributed by atoms with van der Waals surface area (Å²) < 4.78 is 11.3. The van der Waals surface area contributed by atoms with E-state index in [0.717, 1.165) is 42.4 Å². The molecule has 0 bridgehead atoms. The molecule has 1 aromatic carbocycles. The smallest absolute Gasteiger partial charge is 0.340 e. The van der Waals surface area contributed by atoms with Gasteiger partial charge in [-0.25, -0.2) is 9.78 Å². The van der Waals surface area contributed by atoms with Gasteiger partial charge in [0, 0.05) is 40.8 Å². The number of nitrogens with zero attached hydrogens (tertiary/aromatic N) is 5. The van der Waals surface area contributed by atoms with Crippen LogP contribution in [0, 0.1) is 10.5 Å². The molecule has 33 heavy (non-hydrogen) atoms. The number of halogens is 1. The first kappa shape index (κ1) is 22.7. The van der Waals surface area contributed by atoms with Gasteiger partial charge in [0.2, 0.25) is 0 Å². The number of carbonyl (C=O) groups excluding carboxylic acids is 1. The molecule has 0 saturated heterocycles. The number of hydrogen-bond acceptors (Lipinski definition) is 8. The molecule has 1 fully saturated rings. The van der Waals surface area contributed by atoms with Crippen LogP contribution in [0.3, 0.4) is 0 Å². The summed E-state index contributed by atoms with van der Waals surface area (Å²) in [6.45, 7) is 4.43. The van der Waals surface area contributed by atoms with Gasteiger partial charge in [-0.1, -0.05) is 23.1 Å². The van der Waals surface area contributed by atoms with Gasteiger partial charge in [-0.05, 0) is 55.3 Å². The Balaban J connectivity index is 1.73. The van der Waals surface area contributed by atoms with Gasteiger partial charge in [0.1, 0.15) is 10.8 Å². The van der Waals surface area contributed by atoms with E-state index in [-0.39, 0.29) is 18.3 Å². The fourth-order valence-electron chi connectivity index (χ4n) is 4.06. The van der Waals surface area contributed by atoms with Crippen molar-refractivity contribution in [2.24, 2.45) is 0 Å². The monoisotopic (exact) mass is 595 g/mol. The minimum absolute atomic E-state index is 0.189. The lowest BCUT2D eigenvalue weighted by atomic mass is 10.0. The molecule has 11 heteroatoms. The first-order valence-corrected chi connectivity index (χ1v) is 13.5. The van der Waals surface area contributed by atoms with Gasteiger partial charge in [0.15, 0.2) is 4.34 Å². The quantitative estimate of drug-likeness (QED) is 0.171. The molecule has 1 aliphatic rings. The van der Waals surface area contributed by atoms with Crippen molar-refractivity contribution in [3.8, 4) is 5.75 Å². The predicted molar refractivity (Wildman–Crippen MR) is 136 cm³/mol. The number of ether oxygens (including phenoxy) is 1. The molecule has 0 unspecified atom stereocenters. The first-order valence-electron chi connectivity index (χ1n) is 10.6. The lowest BCUT2D eigenvalue weighted by Crippen LogP contribution is -2.10. The van der Waals surface area contributed by atoms with Crippen molar-refractivity contribution >= 4 is 62.6 Å². The number of fused-ring (bicyclic) bond motifs is 1. The maximum Gasteiger partial charge on any atom is 0.340 e. The third kappa shape index (κ3) is 4.37. The normalized spacial score (nSPS) is 13.7. The Labute approximate surface area is 212 Å². The Morgan fingerprint density at radius 2 is 2.21 bits per heavy atom. The number of thioether (sulfide) groups is 1. The summed E-state index contributed by atoms with van der Waals surface area (Å²) in [4.78, 5) is 17.5. The Hall–Kier alpha value is -2.12. The molecule has 0 atom stereocenters. The lowest BCUT2D eigenvalue weighted by Gasteiger charge is -2.12. The van der Waals surface area contributed by atoms with Crippen LogP contribution in [-0.4, -0.2) is 42.0 Å². The standard InChI is InChI=1S/C22H22IN5O3S2/c1-3-31-21(30)19-17(10-32-22-26-25-12(2)33-22)28(13-4-5-13)16-8-15(23)20(29)14(18(16)19)9-27-7-6-24-11-27/h6-8,11,13,29H,3-5,9-10H2,1-2H3. The second-order valence-corrected chi connectivity index (χ2v) is 11.4. The Bertz CT molecular complexity index is 1330. The highest BCUT2D eigenvalue weighted by atomic mass is 127. The van der Waals surface area contributed by atoms with Crippen molar-refractivity contribution in [2.45, 2.75) is 49.4 Å². The number of aromatic nitrogens is 5. The molecule has 0 amide bonds. The maximum absolute atomic E-state index is 13.3. The van der Waals surface area contributed by atoms with Crippen molar-refractivity contribution in [1.82, 2.24) is 24.3 Å². The number of phenolic OH excluding ortho intramolecular Hbond substituents is 1. The third-order valence-corrected chi connectivity index (χ3v) is 8.36. The van der Waals surface area contributed by atoms with Crippen LogP contribution in [0.4, 0.5) is 0 Å². The van der Waals surface area contributed by atoms with E-state index in [0.29, 0.717) is 29.5 Å². The second-order valence-electron chi connectivity index (χ2n) is 7.83. The van der Waals surface area contributed by atoms with Crippen molar-refractivity contribution in [3.63, 3.8) is 0 Å². The second kappa shape index (κ2) is 9.26. The fraction of sp³-hybridized carbons (Fsp3) is 0.364. The van der Waals surface area contributed by atoms with E-state index in [1.54, 1.807) is 35.6 Å². The van der Waals surface area contributed by atoms with Gasteiger partial charge in [0.05, 0.1) is 34.1 Å². The zero-order valence-electron chi connectivity index (χ0n) is 18.1. The van der Waals surface area contributed by atoms with Crippen LogP contribution in [0.5, 0.6) is 5.75 Å². The van der Waals surface area contributed by atoms with Crippen LogP contribution in [0.2, 0.25) is 0 Å². The van der Waals surface area contributed by atoms with Crippen molar-refractivity contribution in [1.29, 1.82) is 0 Å². The molecule has 5 rings (SSSR count). The summed E-state index contributed by atoms with van der Waals surface area (Å²) >= 11 is 5.28. The van der Waals surface area contributed by atoms with Gasteiger partial charge in [-0.2, -0.15) is 0 Å². The average molecular weight is 595 g/mol. The van der Waals surface area contributed by atoms with E-state index in [4.69, 9.17) is 4.74 Å². The number of aryl methyl sites for hydroxylation is 1. The maximum atomic E-state index is 13.3. The molecule has 3 heterocycles. The molecule has 3 aromatic heterocycles. The number of rotatable bonds is 8. The number of aromatic hydroxyl groups is 1. The summed E-state index contributed by atoms with van der Waals surface area (Å²) in [5, 5.41) is 21.1. The summed E-state index contributed by atoms with van der Waals surface area (Å²) in [5.74, 6) is 0.392. The largest absolute Gasteiger partial charge is 0.506 e. The highest BCUT2D eigenvalue weighted by Crippen LogP contribution is 2.46. The van der Waals surface area contributed by atoms with E-state index < -0.39 is 0 Å². The average Bonchev–Trinajstić information content (AvgIpc) is 3.17. The molecule has 1 aliphatic carbocycles. The first-order chi connectivity index (χ1) is 16.0. The van der Waals surface area contributed by atoms with Crippen LogP contribution >= 0.6 is 45.7 Å². The molecule has 8 nitrogen and oxygen atoms in total. The van der Waals surface area contributed by atoms with Gasteiger partial charge < -0.3 is 19.0 Å². The number of benzene rings is 1. The highest BCUT2D eigenvalue weighted by molar-refractivity contribution is 14.1. The Morgan fingerprint density at radius 1 is 1.39 bits per heavy atom. The number of imidazole rings is 1. The molecule has 1 saturated carbocycles. The lowest BCUT2D eigenvalue weighted by molar-refractivity contribution is 0.0527. The summed E-state index contributed by atoms with van der Waals surface area (Å²) in [6.07, 6.45) is 7.39. The predicted octanol–water partition coefficient (Wildman–Crippen LogP) is 5.16. The van der Waals surface area contributed by atoms with Crippen molar-refractivity contribution in [2.75, 3.05) is 6.61 Å². The van der Waals surface area contributed by atoms with Gasteiger partial charge in [-0.15, -0.1) is 10.2 Å². The van der Waals surface area contributed by atoms with E-state index >= 15 is 0 Å². The summed E-state index contributed by atoms with van der Waals surface area (Å²) in [5.41, 5.74) is 3.11. The molecule has 172 valence electrons. The summed E-state index contributed by atoms with van der Waals surface area (Å²) in [6, 6.07) is 2.32. The van der Waals surface area contributed by atoms with Crippen LogP contribution in [0.1, 0.15) is 52.4 Å². The molecule has 1 N–H and O–H groups in total. The zero-order chi connectivity index (χ0) is 23.1. The summed E-state index contributed by atoms with van der Waals surface area (Å²) in [7, 11) is 0. The molecule has 4 aromatic rings. The van der Waals surface area contributed by atoms with Crippen LogP contribution < -0.4 is 0 Å². The molecular formula is C22H22IN5O3S2. The Morgan fingerprint density at radius 3 is 2.85 bits per heavy atom. The minimum Gasteiger partial charge on any atom is -0.506 e.